The van der Waals surface area contributed by atoms with Crippen LogP contribution in [0.4, 0.5) is 11.6 Å². The van der Waals surface area contributed by atoms with E-state index in [4.69, 9.17) is 0 Å². The molecular formula is C13H21N5. The van der Waals surface area contributed by atoms with Gasteiger partial charge in [-0.05, 0) is 12.3 Å². The van der Waals surface area contributed by atoms with Crippen LogP contribution in [0.25, 0.3) is 5.65 Å². The van der Waals surface area contributed by atoms with Gasteiger partial charge < -0.3 is 15.0 Å². The van der Waals surface area contributed by atoms with Gasteiger partial charge in [0, 0.05) is 25.5 Å². The lowest BCUT2D eigenvalue weighted by Gasteiger charge is -2.19. The van der Waals surface area contributed by atoms with Crippen molar-refractivity contribution < 1.29 is 0 Å². The third kappa shape index (κ3) is 2.91. The summed E-state index contributed by atoms with van der Waals surface area (Å²) in [5.74, 6) is 1.69. The maximum absolute atomic E-state index is 4.56. The lowest BCUT2D eigenvalue weighted by Crippen LogP contribution is -2.20. The highest BCUT2D eigenvalue weighted by Crippen LogP contribution is 2.19. The monoisotopic (exact) mass is 247 g/mol. The topological polar surface area (TPSA) is 54.2 Å². The van der Waals surface area contributed by atoms with E-state index in [1.54, 1.807) is 6.20 Å². The molecule has 5 nitrogen and oxygen atoms in total. The fraction of sp³-hybridized carbons (Fsp3) is 0.538. The molecule has 0 aliphatic heterocycles. The molecule has 0 spiro atoms. The van der Waals surface area contributed by atoms with E-state index < -0.39 is 0 Å². The fourth-order valence-corrected chi connectivity index (χ4v) is 1.67. The summed E-state index contributed by atoms with van der Waals surface area (Å²) in [4.78, 5) is 8.89. The maximum Gasteiger partial charge on any atom is 0.180 e. The van der Waals surface area contributed by atoms with Gasteiger partial charge in [-0.1, -0.05) is 20.8 Å². The molecule has 0 atom stereocenters. The van der Waals surface area contributed by atoms with Crippen molar-refractivity contribution in [2.24, 2.45) is 5.41 Å². The molecule has 2 N–H and O–H groups in total. The molecule has 0 aromatic carbocycles. The van der Waals surface area contributed by atoms with E-state index in [0.29, 0.717) is 0 Å². The SMILES string of the molecule is CCNc1cn2ccnc2c(NCC(C)(C)C)n1. The number of anilines is 2. The molecule has 2 aromatic rings. The van der Waals surface area contributed by atoms with Gasteiger partial charge in [-0.3, -0.25) is 0 Å². The van der Waals surface area contributed by atoms with E-state index in [1.165, 1.54) is 0 Å². The number of hydrogen-bond acceptors (Lipinski definition) is 4. The van der Waals surface area contributed by atoms with Gasteiger partial charge in [0.2, 0.25) is 0 Å². The van der Waals surface area contributed by atoms with Crippen LogP contribution in [0.5, 0.6) is 0 Å². The Hall–Kier alpha value is -1.78. The average molecular weight is 247 g/mol. The van der Waals surface area contributed by atoms with Gasteiger partial charge in [0.1, 0.15) is 5.82 Å². The zero-order valence-corrected chi connectivity index (χ0v) is 11.5. The first-order valence-electron chi connectivity index (χ1n) is 6.31. The first-order chi connectivity index (χ1) is 8.49. The highest BCUT2D eigenvalue weighted by atomic mass is 15.1. The Kier molecular flexibility index (Phi) is 3.41. The van der Waals surface area contributed by atoms with Crippen molar-refractivity contribution >= 4 is 17.3 Å². The number of fused-ring (bicyclic) bond motifs is 1. The number of rotatable bonds is 4. The van der Waals surface area contributed by atoms with E-state index >= 15 is 0 Å². The summed E-state index contributed by atoms with van der Waals surface area (Å²) in [6.07, 6.45) is 5.67. The van der Waals surface area contributed by atoms with Crippen LogP contribution in [-0.2, 0) is 0 Å². The third-order valence-corrected chi connectivity index (χ3v) is 2.52. The molecule has 18 heavy (non-hydrogen) atoms. The number of aromatic nitrogens is 3. The minimum absolute atomic E-state index is 0.208. The molecule has 5 heteroatoms. The predicted octanol–water partition coefficient (Wildman–Crippen LogP) is 2.62. The van der Waals surface area contributed by atoms with Crippen molar-refractivity contribution in [2.75, 3.05) is 23.7 Å². The van der Waals surface area contributed by atoms with Gasteiger partial charge in [-0.15, -0.1) is 0 Å². The Morgan fingerprint density at radius 3 is 2.72 bits per heavy atom. The molecule has 0 bridgehead atoms. The zero-order valence-electron chi connectivity index (χ0n) is 11.5. The molecule has 0 saturated carbocycles. The van der Waals surface area contributed by atoms with Gasteiger partial charge in [-0.2, -0.15) is 0 Å². The van der Waals surface area contributed by atoms with Crippen LogP contribution < -0.4 is 10.6 Å². The molecule has 0 amide bonds. The highest BCUT2D eigenvalue weighted by Gasteiger charge is 2.12. The lowest BCUT2D eigenvalue weighted by molar-refractivity contribution is 0.442. The van der Waals surface area contributed by atoms with Crippen molar-refractivity contribution in [3.05, 3.63) is 18.6 Å². The minimum Gasteiger partial charge on any atom is -0.369 e. The van der Waals surface area contributed by atoms with E-state index in [-0.39, 0.29) is 5.41 Å². The average Bonchev–Trinajstić information content (AvgIpc) is 2.73. The molecule has 0 aliphatic rings. The van der Waals surface area contributed by atoms with E-state index in [1.807, 2.05) is 16.8 Å². The Labute approximate surface area is 108 Å². The van der Waals surface area contributed by atoms with E-state index in [0.717, 1.165) is 30.4 Å². The number of nitrogens with zero attached hydrogens (tertiary/aromatic N) is 3. The lowest BCUT2D eigenvalue weighted by atomic mass is 9.97. The van der Waals surface area contributed by atoms with Crippen LogP contribution in [0, 0.1) is 5.41 Å². The predicted molar refractivity (Wildman–Crippen MR) is 75.1 cm³/mol. The van der Waals surface area contributed by atoms with Crippen molar-refractivity contribution in [1.29, 1.82) is 0 Å². The molecule has 0 unspecified atom stereocenters. The Balaban J connectivity index is 2.31. The zero-order chi connectivity index (χ0) is 13.2. The number of hydrogen-bond donors (Lipinski definition) is 2. The molecular weight excluding hydrogens is 226 g/mol. The Morgan fingerprint density at radius 2 is 2.06 bits per heavy atom. The Bertz CT molecular complexity index is 524. The summed E-state index contributed by atoms with van der Waals surface area (Å²) >= 11 is 0. The second kappa shape index (κ2) is 4.84. The normalized spacial score (nSPS) is 11.8. The number of imidazole rings is 1. The van der Waals surface area contributed by atoms with Gasteiger partial charge in [-0.25, -0.2) is 9.97 Å². The summed E-state index contributed by atoms with van der Waals surface area (Å²) in [6.45, 7) is 10.3. The molecule has 2 heterocycles. The molecule has 0 saturated heterocycles. The molecule has 2 rings (SSSR count). The third-order valence-electron chi connectivity index (χ3n) is 2.52. The maximum atomic E-state index is 4.56. The molecule has 98 valence electrons. The van der Waals surface area contributed by atoms with Crippen LogP contribution >= 0.6 is 0 Å². The fourth-order valence-electron chi connectivity index (χ4n) is 1.67. The van der Waals surface area contributed by atoms with E-state index in [9.17, 15) is 0 Å². The summed E-state index contributed by atoms with van der Waals surface area (Å²) in [6, 6.07) is 0. The molecule has 0 radical (unpaired) electrons. The summed E-state index contributed by atoms with van der Waals surface area (Å²) < 4.78 is 1.98. The van der Waals surface area contributed by atoms with Crippen molar-refractivity contribution in [3.8, 4) is 0 Å². The van der Waals surface area contributed by atoms with Crippen molar-refractivity contribution in [2.45, 2.75) is 27.7 Å². The molecule has 2 aromatic heterocycles. The van der Waals surface area contributed by atoms with Gasteiger partial charge in [0.05, 0.1) is 6.20 Å². The van der Waals surface area contributed by atoms with Gasteiger partial charge in [0.15, 0.2) is 11.5 Å². The van der Waals surface area contributed by atoms with Gasteiger partial charge in [0.25, 0.3) is 0 Å². The quantitative estimate of drug-likeness (QED) is 0.872. The summed E-state index contributed by atoms with van der Waals surface area (Å²) in [7, 11) is 0. The van der Waals surface area contributed by atoms with Crippen molar-refractivity contribution in [3.63, 3.8) is 0 Å². The molecule has 0 aliphatic carbocycles. The van der Waals surface area contributed by atoms with Gasteiger partial charge >= 0.3 is 0 Å². The highest BCUT2D eigenvalue weighted by molar-refractivity contribution is 5.65. The number of nitrogens with one attached hydrogen (secondary N) is 2. The molecule has 0 fully saturated rings. The van der Waals surface area contributed by atoms with Crippen molar-refractivity contribution in [1.82, 2.24) is 14.4 Å². The smallest absolute Gasteiger partial charge is 0.180 e. The first kappa shape index (κ1) is 12.7. The standard InChI is InChI=1S/C13H21N5/c1-5-14-10-8-18-7-6-15-12(18)11(17-10)16-9-13(2,3)4/h6-8,14H,5,9H2,1-4H3,(H,16,17). The summed E-state index contributed by atoms with van der Waals surface area (Å²) in [5, 5.41) is 6.61. The first-order valence-corrected chi connectivity index (χ1v) is 6.31. The second-order valence-corrected chi connectivity index (χ2v) is 5.58. The van der Waals surface area contributed by atoms with E-state index in [2.05, 4.69) is 48.3 Å². The summed E-state index contributed by atoms with van der Waals surface area (Å²) in [5.41, 5.74) is 1.07. The van der Waals surface area contributed by atoms with Crippen LogP contribution in [0.2, 0.25) is 0 Å². The van der Waals surface area contributed by atoms with Crippen LogP contribution in [0.3, 0.4) is 0 Å². The second-order valence-electron chi connectivity index (χ2n) is 5.58. The van der Waals surface area contributed by atoms with Crippen LogP contribution in [0.1, 0.15) is 27.7 Å². The van der Waals surface area contributed by atoms with Crippen LogP contribution in [-0.4, -0.2) is 27.5 Å². The van der Waals surface area contributed by atoms with Crippen LogP contribution in [0.15, 0.2) is 18.6 Å². The largest absolute Gasteiger partial charge is 0.369 e. The Morgan fingerprint density at radius 1 is 1.28 bits per heavy atom. The minimum atomic E-state index is 0.208.